The van der Waals surface area contributed by atoms with Crippen LogP contribution in [-0.2, 0) is 19.1 Å². The smallest absolute Gasteiger partial charge is 0.331 e. The fraction of sp³-hybridized carbons (Fsp3) is 0.778. The molecular formula is C9H20O6. The van der Waals surface area contributed by atoms with E-state index in [1.54, 1.807) is 13.8 Å². The van der Waals surface area contributed by atoms with Crippen LogP contribution in [0.5, 0.6) is 0 Å². The van der Waals surface area contributed by atoms with Gasteiger partial charge in [0.2, 0.25) is 0 Å². The quantitative estimate of drug-likeness (QED) is 0.638. The molecule has 0 aliphatic rings. The SMILES string of the molecule is C.CCOC(=O)CO.CCOC(=O)CO. The number of hydrogen-bond acceptors (Lipinski definition) is 6. The Kier molecular flexibility index (Phi) is 19.9. The van der Waals surface area contributed by atoms with E-state index in [2.05, 4.69) is 9.47 Å². The minimum Gasteiger partial charge on any atom is -0.464 e. The number of aliphatic hydroxyl groups excluding tert-OH is 2. The number of hydrogen-bond donors (Lipinski definition) is 2. The molecule has 0 fully saturated rings. The zero-order valence-corrected chi connectivity index (χ0v) is 8.36. The van der Waals surface area contributed by atoms with Crippen molar-refractivity contribution in [2.24, 2.45) is 0 Å². The second kappa shape index (κ2) is 15.3. The molecular weight excluding hydrogens is 204 g/mol. The van der Waals surface area contributed by atoms with Gasteiger partial charge in [0.25, 0.3) is 0 Å². The van der Waals surface area contributed by atoms with Gasteiger partial charge in [0, 0.05) is 0 Å². The maximum Gasteiger partial charge on any atom is 0.331 e. The molecule has 0 aliphatic carbocycles. The lowest BCUT2D eigenvalue weighted by atomic mass is 10.7. The van der Waals surface area contributed by atoms with E-state index in [9.17, 15) is 9.59 Å². The molecule has 0 radical (unpaired) electrons. The van der Waals surface area contributed by atoms with Crippen LogP contribution in [0.4, 0.5) is 0 Å². The van der Waals surface area contributed by atoms with Crippen molar-refractivity contribution in [3.05, 3.63) is 0 Å². The topological polar surface area (TPSA) is 93.1 Å². The van der Waals surface area contributed by atoms with Gasteiger partial charge in [-0.1, -0.05) is 7.43 Å². The molecule has 0 saturated heterocycles. The summed E-state index contributed by atoms with van der Waals surface area (Å²) in [6.45, 7) is 3.00. The fourth-order valence-electron chi connectivity index (χ4n) is 0.413. The standard InChI is InChI=1S/2C4H8O3.CH4/c2*1-2-7-4(6)3-5;/h2*5H,2-3H2,1H3;1H4. The van der Waals surface area contributed by atoms with Crippen LogP contribution < -0.4 is 0 Å². The molecule has 2 N–H and O–H groups in total. The second-order valence-electron chi connectivity index (χ2n) is 1.93. The van der Waals surface area contributed by atoms with E-state index in [1.807, 2.05) is 0 Å². The van der Waals surface area contributed by atoms with Crippen LogP contribution in [0.3, 0.4) is 0 Å². The first kappa shape index (κ1) is 19.4. The Bertz CT molecular complexity index is 139. The molecule has 0 spiro atoms. The molecule has 0 amide bonds. The average molecular weight is 224 g/mol. The number of aliphatic hydroxyl groups is 2. The predicted molar refractivity (Wildman–Crippen MR) is 54.2 cm³/mol. The lowest BCUT2D eigenvalue weighted by Crippen LogP contribution is -2.07. The highest BCUT2D eigenvalue weighted by atomic mass is 16.5. The Morgan fingerprint density at radius 2 is 1.20 bits per heavy atom. The maximum absolute atomic E-state index is 9.94. The molecule has 0 unspecified atom stereocenters. The summed E-state index contributed by atoms with van der Waals surface area (Å²) in [4.78, 5) is 19.9. The van der Waals surface area contributed by atoms with Crippen LogP contribution in [0.1, 0.15) is 21.3 Å². The molecule has 0 aromatic carbocycles. The average Bonchev–Trinajstić information content (AvgIpc) is 2.19. The highest BCUT2D eigenvalue weighted by molar-refractivity contribution is 5.70. The van der Waals surface area contributed by atoms with Crippen LogP contribution in [-0.4, -0.2) is 48.6 Å². The van der Waals surface area contributed by atoms with Gasteiger partial charge in [-0.05, 0) is 13.8 Å². The molecule has 0 atom stereocenters. The molecule has 0 rings (SSSR count). The van der Waals surface area contributed by atoms with Gasteiger partial charge in [-0.3, -0.25) is 0 Å². The molecule has 0 aliphatic heterocycles. The molecule has 0 aromatic heterocycles. The number of esters is 2. The van der Waals surface area contributed by atoms with Gasteiger partial charge >= 0.3 is 11.9 Å². The van der Waals surface area contributed by atoms with Crippen molar-refractivity contribution in [2.75, 3.05) is 26.4 Å². The van der Waals surface area contributed by atoms with E-state index in [4.69, 9.17) is 10.2 Å². The van der Waals surface area contributed by atoms with E-state index in [1.165, 1.54) is 0 Å². The number of ether oxygens (including phenoxy) is 2. The predicted octanol–water partition coefficient (Wildman–Crippen LogP) is -0.280. The Labute approximate surface area is 89.8 Å². The van der Waals surface area contributed by atoms with Gasteiger partial charge in [-0.25, -0.2) is 9.59 Å². The third-order valence-corrected chi connectivity index (χ3v) is 0.869. The van der Waals surface area contributed by atoms with Crippen molar-refractivity contribution in [1.82, 2.24) is 0 Å². The van der Waals surface area contributed by atoms with Gasteiger partial charge in [0.05, 0.1) is 13.2 Å². The van der Waals surface area contributed by atoms with E-state index >= 15 is 0 Å². The van der Waals surface area contributed by atoms with E-state index in [0.29, 0.717) is 13.2 Å². The first-order valence-corrected chi connectivity index (χ1v) is 4.15. The van der Waals surface area contributed by atoms with Gasteiger partial charge in [0.1, 0.15) is 13.2 Å². The van der Waals surface area contributed by atoms with Gasteiger partial charge < -0.3 is 19.7 Å². The van der Waals surface area contributed by atoms with Gasteiger partial charge in [-0.2, -0.15) is 0 Å². The summed E-state index contributed by atoms with van der Waals surface area (Å²) in [5.41, 5.74) is 0. The normalized spacial score (nSPS) is 7.73. The monoisotopic (exact) mass is 224 g/mol. The summed E-state index contributed by atoms with van der Waals surface area (Å²) in [7, 11) is 0. The van der Waals surface area contributed by atoms with Crippen molar-refractivity contribution in [2.45, 2.75) is 21.3 Å². The minimum absolute atomic E-state index is 0. The van der Waals surface area contributed by atoms with Crippen molar-refractivity contribution >= 4 is 11.9 Å². The summed E-state index contributed by atoms with van der Waals surface area (Å²) in [5, 5.41) is 16.0. The van der Waals surface area contributed by atoms with E-state index < -0.39 is 25.2 Å². The summed E-state index contributed by atoms with van der Waals surface area (Å²) in [6, 6.07) is 0. The van der Waals surface area contributed by atoms with Crippen LogP contribution in [0, 0.1) is 0 Å². The van der Waals surface area contributed by atoms with Gasteiger partial charge in [-0.15, -0.1) is 0 Å². The van der Waals surface area contributed by atoms with Crippen molar-refractivity contribution < 1.29 is 29.3 Å². The lowest BCUT2D eigenvalue weighted by molar-refractivity contribution is -0.147. The van der Waals surface area contributed by atoms with Gasteiger partial charge in [0.15, 0.2) is 0 Å². The van der Waals surface area contributed by atoms with E-state index in [-0.39, 0.29) is 7.43 Å². The highest BCUT2D eigenvalue weighted by Gasteiger charge is 1.93. The first-order valence-electron chi connectivity index (χ1n) is 4.15. The number of rotatable bonds is 4. The highest BCUT2D eigenvalue weighted by Crippen LogP contribution is 1.72. The van der Waals surface area contributed by atoms with Crippen LogP contribution >= 0.6 is 0 Å². The Balaban J connectivity index is -0.000000180. The Hall–Kier alpha value is -1.14. The van der Waals surface area contributed by atoms with Crippen LogP contribution in [0.2, 0.25) is 0 Å². The third kappa shape index (κ3) is 19.3. The van der Waals surface area contributed by atoms with Crippen molar-refractivity contribution in [3.8, 4) is 0 Å². The zero-order chi connectivity index (χ0) is 11.4. The Morgan fingerprint density at radius 3 is 1.27 bits per heavy atom. The molecule has 0 saturated carbocycles. The molecule has 92 valence electrons. The fourth-order valence-corrected chi connectivity index (χ4v) is 0.413. The minimum atomic E-state index is -0.567. The third-order valence-electron chi connectivity index (χ3n) is 0.869. The number of carbonyl (C=O) groups excluding carboxylic acids is 2. The lowest BCUT2D eigenvalue weighted by Gasteiger charge is -1.93. The van der Waals surface area contributed by atoms with Crippen molar-refractivity contribution in [3.63, 3.8) is 0 Å². The largest absolute Gasteiger partial charge is 0.464 e. The summed E-state index contributed by atoms with van der Waals surface area (Å²) in [6.07, 6.45) is 0. The van der Waals surface area contributed by atoms with Crippen LogP contribution in [0.15, 0.2) is 0 Å². The molecule has 0 bridgehead atoms. The molecule has 0 aromatic rings. The van der Waals surface area contributed by atoms with E-state index in [0.717, 1.165) is 0 Å². The summed E-state index contributed by atoms with van der Waals surface area (Å²) in [5.74, 6) is -1.13. The zero-order valence-electron chi connectivity index (χ0n) is 8.36. The summed E-state index contributed by atoms with van der Waals surface area (Å²) >= 11 is 0. The second-order valence-corrected chi connectivity index (χ2v) is 1.93. The Morgan fingerprint density at radius 1 is 0.933 bits per heavy atom. The molecule has 6 heteroatoms. The molecule has 0 heterocycles. The first-order chi connectivity index (χ1) is 6.62. The molecule has 15 heavy (non-hydrogen) atoms. The number of carbonyl (C=O) groups is 2. The molecule has 6 nitrogen and oxygen atoms in total. The van der Waals surface area contributed by atoms with Crippen molar-refractivity contribution in [1.29, 1.82) is 0 Å². The summed E-state index contributed by atoms with van der Waals surface area (Å²) < 4.78 is 8.60. The van der Waals surface area contributed by atoms with Crippen LogP contribution in [0.25, 0.3) is 0 Å². The maximum atomic E-state index is 9.94.